The molecule has 1 unspecified atom stereocenters. The summed E-state index contributed by atoms with van der Waals surface area (Å²) in [6.07, 6.45) is 1.15. The zero-order valence-electron chi connectivity index (χ0n) is 9.56. The first kappa shape index (κ1) is 11.5. The molecule has 1 aromatic carbocycles. The summed E-state index contributed by atoms with van der Waals surface area (Å²) in [6, 6.07) is 10.5. The molecule has 1 heterocycles. The second-order valence-electron chi connectivity index (χ2n) is 4.24. The van der Waals surface area contributed by atoms with Gasteiger partial charge in [0.05, 0.1) is 0 Å². The van der Waals surface area contributed by atoms with Crippen LogP contribution in [0, 0.1) is 5.92 Å². The molecule has 0 radical (unpaired) electrons. The van der Waals surface area contributed by atoms with Crippen molar-refractivity contribution in [1.82, 2.24) is 4.90 Å². The molecule has 2 nitrogen and oxygen atoms in total. The molecule has 0 spiro atoms. The highest BCUT2D eigenvalue weighted by Gasteiger charge is 2.23. The summed E-state index contributed by atoms with van der Waals surface area (Å²) in [7, 11) is 0. The van der Waals surface area contributed by atoms with Gasteiger partial charge in [-0.25, -0.2) is 0 Å². The van der Waals surface area contributed by atoms with Gasteiger partial charge in [0.25, 0.3) is 0 Å². The van der Waals surface area contributed by atoms with E-state index in [-0.39, 0.29) is 5.91 Å². The molecule has 0 aliphatic carbocycles. The lowest BCUT2D eigenvalue weighted by atomic mass is 10.2. The molecular formula is C13H17NOS. The second-order valence-corrected chi connectivity index (χ2v) is 5.34. The van der Waals surface area contributed by atoms with Gasteiger partial charge in [-0.1, -0.05) is 18.2 Å². The standard InChI is InChI=1S/C13H17NOS/c1-11(15)14-8-7-12(9-14)10-16-13-5-3-2-4-6-13/h2-6,12H,7-10H2,1H3. The Morgan fingerprint density at radius 2 is 2.19 bits per heavy atom. The fourth-order valence-corrected chi connectivity index (χ4v) is 3.04. The fourth-order valence-electron chi connectivity index (χ4n) is 1.99. The average molecular weight is 235 g/mol. The van der Waals surface area contributed by atoms with E-state index in [1.54, 1.807) is 6.92 Å². The molecule has 1 aromatic rings. The summed E-state index contributed by atoms with van der Waals surface area (Å²) >= 11 is 1.89. The van der Waals surface area contributed by atoms with Crippen LogP contribution in [0.25, 0.3) is 0 Å². The number of nitrogens with zero attached hydrogens (tertiary/aromatic N) is 1. The van der Waals surface area contributed by atoms with Crippen LogP contribution in [0.1, 0.15) is 13.3 Å². The number of benzene rings is 1. The van der Waals surface area contributed by atoms with Crippen molar-refractivity contribution in [2.75, 3.05) is 18.8 Å². The highest BCUT2D eigenvalue weighted by molar-refractivity contribution is 7.99. The molecule has 1 aliphatic heterocycles. The van der Waals surface area contributed by atoms with Crippen molar-refractivity contribution in [3.63, 3.8) is 0 Å². The van der Waals surface area contributed by atoms with Crippen LogP contribution in [0.4, 0.5) is 0 Å². The molecule has 1 atom stereocenters. The SMILES string of the molecule is CC(=O)N1CCC(CSc2ccccc2)C1. The smallest absolute Gasteiger partial charge is 0.219 e. The van der Waals surface area contributed by atoms with Crippen LogP contribution < -0.4 is 0 Å². The van der Waals surface area contributed by atoms with Gasteiger partial charge in [0.1, 0.15) is 0 Å². The monoisotopic (exact) mass is 235 g/mol. The van der Waals surface area contributed by atoms with Crippen LogP contribution >= 0.6 is 11.8 Å². The van der Waals surface area contributed by atoms with Crippen LogP contribution in [-0.2, 0) is 4.79 Å². The van der Waals surface area contributed by atoms with Gasteiger partial charge in [0, 0.05) is 30.7 Å². The highest BCUT2D eigenvalue weighted by atomic mass is 32.2. The first-order chi connectivity index (χ1) is 7.75. The van der Waals surface area contributed by atoms with E-state index in [2.05, 4.69) is 24.3 Å². The molecule has 3 heteroatoms. The van der Waals surface area contributed by atoms with Gasteiger partial charge in [0.2, 0.25) is 5.91 Å². The Hall–Kier alpha value is -0.960. The van der Waals surface area contributed by atoms with Crippen molar-refractivity contribution in [2.45, 2.75) is 18.2 Å². The third-order valence-corrected chi connectivity index (χ3v) is 4.20. The lowest BCUT2D eigenvalue weighted by molar-refractivity contribution is -0.127. The number of thioether (sulfide) groups is 1. The van der Waals surface area contributed by atoms with Crippen molar-refractivity contribution in [3.8, 4) is 0 Å². The Kier molecular flexibility index (Phi) is 3.88. The van der Waals surface area contributed by atoms with Crippen LogP contribution in [0.15, 0.2) is 35.2 Å². The third-order valence-electron chi connectivity index (χ3n) is 2.96. The van der Waals surface area contributed by atoms with Gasteiger partial charge in [-0.2, -0.15) is 0 Å². The normalized spacial score (nSPS) is 20.1. The number of rotatable bonds is 3. The Balaban J connectivity index is 1.78. The van der Waals surface area contributed by atoms with Crippen LogP contribution in [0.3, 0.4) is 0 Å². The van der Waals surface area contributed by atoms with E-state index in [1.807, 2.05) is 22.7 Å². The maximum atomic E-state index is 11.2. The van der Waals surface area contributed by atoms with Crippen molar-refractivity contribution in [2.24, 2.45) is 5.92 Å². The molecule has 0 saturated carbocycles. The van der Waals surface area contributed by atoms with Crippen LogP contribution in [0.2, 0.25) is 0 Å². The average Bonchev–Trinajstić information content (AvgIpc) is 2.76. The van der Waals surface area contributed by atoms with E-state index in [0.717, 1.165) is 25.3 Å². The van der Waals surface area contributed by atoms with Crippen molar-refractivity contribution >= 4 is 17.7 Å². The zero-order chi connectivity index (χ0) is 11.4. The largest absolute Gasteiger partial charge is 0.343 e. The Labute approximate surface area is 101 Å². The maximum absolute atomic E-state index is 11.2. The minimum atomic E-state index is 0.215. The predicted octanol–water partition coefficient (Wildman–Crippen LogP) is 2.65. The quantitative estimate of drug-likeness (QED) is 0.751. The van der Waals surface area contributed by atoms with Crippen molar-refractivity contribution in [3.05, 3.63) is 30.3 Å². The first-order valence-electron chi connectivity index (χ1n) is 5.69. The van der Waals surface area contributed by atoms with Gasteiger partial charge in [-0.05, 0) is 24.5 Å². The molecule has 16 heavy (non-hydrogen) atoms. The highest BCUT2D eigenvalue weighted by Crippen LogP contribution is 2.25. The van der Waals surface area contributed by atoms with Gasteiger partial charge < -0.3 is 4.90 Å². The molecule has 2 rings (SSSR count). The topological polar surface area (TPSA) is 20.3 Å². The van der Waals surface area contributed by atoms with Gasteiger partial charge in [0.15, 0.2) is 0 Å². The van der Waals surface area contributed by atoms with Crippen molar-refractivity contribution < 1.29 is 4.79 Å². The first-order valence-corrected chi connectivity index (χ1v) is 6.67. The number of likely N-dealkylation sites (tertiary alicyclic amines) is 1. The maximum Gasteiger partial charge on any atom is 0.219 e. The van der Waals surface area contributed by atoms with E-state index < -0.39 is 0 Å². The number of amides is 1. The Morgan fingerprint density at radius 3 is 2.81 bits per heavy atom. The molecule has 86 valence electrons. The molecule has 1 fully saturated rings. The Morgan fingerprint density at radius 1 is 1.44 bits per heavy atom. The van der Waals surface area contributed by atoms with Crippen LogP contribution in [-0.4, -0.2) is 29.6 Å². The molecule has 1 amide bonds. The molecule has 1 saturated heterocycles. The zero-order valence-corrected chi connectivity index (χ0v) is 10.4. The van der Waals surface area contributed by atoms with E-state index >= 15 is 0 Å². The van der Waals surface area contributed by atoms with E-state index in [9.17, 15) is 4.79 Å². The summed E-state index contributed by atoms with van der Waals surface area (Å²) in [5, 5.41) is 0. The lowest BCUT2D eigenvalue weighted by Crippen LogP contribution is -2.26. The van der Waals surface area contributed by atoms with Crippen LogP contribution in [0.5, 0.6) is 0 Å². The predicted molar refractivity (Wildman–Crippen MR) is 67.5 cm³/mol. The van der Waals surface area contributed by atoms with E-state index in [4.69, 9.17) is 0 Å². The van der Waals surface area contributed by atoms with Gasteiger partial charge in [-0.15, -0.1) is 11.8 Å². The second kappa shape index (κ2) is 5.39. The molecule has 0 N–H and O–H groups in total. The molecule has 1 aliphatic rings. The molecule has 0 bridgehead atoms. The number of hydrogen-bond donors (Lipinski definition) is 0. The lowest BCUT2D eigenvalue weighted by Gasteiger charge is -2.13. The minimum absolute atomic E-state index is 0.215. The van der Waals surface area contributed by atoms with Gasteiger partial charge >= 0.3 is 0 Å². The molecule has 0 aromatic heterocycles. The van der Waals surface area contributed by atoms with E-state index in [0.29, 0.717) is 5.92 Å². The summed E-state index contributed by atoms with van der Waals surface area (Å²) in [5.74, 6) is 2.00. The summed E-state index contributed by atoms with van der Waals surface area (Å²) in [4.78, 5) is 14.5. The number of hydrogen-bond acceptors (Lipinski definition) is 2. The van der Waals surface area contributed by atoms with E-state index in [1.165, 1.54) is 4.90 Å². The summed E-state index contributed by atoms with van der Waals surface area (Å²) < 4.78 is 0. The number of carbonyl (C=O) groups is 1. The Bertz CT molecular complexity index is 352. The van der Waals surface area contributed by atoms with Gasteiger partial charge in [-0.3, -0.25) is 4.79 Å². The number of carbonyl (C=O) groups excluding carboxylic acids is 1. The third kappa shape index (κ3) is 3.01. The summed E-state index contributed by atoms with van der Waals surface area (Å²) in [6.45, 7) is 3.54. The minimum Gasteiger partial charge on any atom is -0.343 e. The summed E-state index contributed by atoms with van der Waals surface area (Å²) in [5.41, 5.74) is 0. The van der Waals surface area contributed by atoms with Crippen molar-refractivity contribution in [1.29, 1.82) is 0 Å². The fraction of sp³-hybridized carbons (Fsp3) is 0.462. The molecular weight excluding hydrogens is 218 g/mol.